The Kier molecular flexibility index (Phi) is 4.93. The Morgan fingerprint density at radius 2 is 2.08 bits per heavy atom. The Morgan fingerprint density at radius 3 is 2.77 bits per heavy atom. The van der Waals surface area contributed by atoms with Crippen molar-refractivity contribution in [2.75, 3.05) is 0 Å². The molecule has 1 atom stereocenters. The number of aryl methyl sites for hydroxylation is 4. The van der Waals surface area contributed by atoms with Gasteiger partial charge in [0.05, 0.1) is 11.7 Å². The van der Waals surface area contributed by atoms with Gasteiger partial charge in [-0.1, -0.05) is 12.1 Å². The van der Waals surface area contributed by atoms with Crippen molar-refractivity contribution < 1.29 is 4.79 Å². The van der Waals surface area contributed by atoms with Crippen LogP contribution >= 0.6 is 0 Å². The zero-order chi connectivity index (χ0) is 18.8. The normalized spacial score (nSPS) is 12.3. The number of nitrogens with zero attached hydrogens (tertiary/aromatic N) is 2. The average Bonchev–Trinajstić information content (AvgIpc) is 2.91. The van der Waals surface area contributed by atoms with E-state index in [0.717, 1.165) is 27.7 Å². The molecule has 0 saturated carbocycles. The number of aromatic nitrogens is 3. The van der Waals surface area contributed by atoms with E-state index >= 15 is 0 Å². The number of benzene rings is 1. The summed E-state index contributed by atoms with van der Waals surface area (Å²) in [7, 11) is 1.86. The molecule has 136 valence electrons. The summed E-state index contributed by atoms with van der Waals surface area (Å²) in [4.78, 5) is 27.4. The van der Waals surface area contributed by atoms with Crippen molar-refractivity contribution in [1.29, 1.82) is 0 Å². The van der Waals surface area contributed by atoms with Crippen molar-refractivity contribution in [2.45, 2.75) is 39.7 Å². The number of carbonyl (C=O) groups is 1. The summed E-state index contributed by atoms with van der Waals surface area (Å²) in [6.07, 6.45) is 2.59. The van der Waals surface area contributed by atoms with Crippen molar-refractivity contribution in [3.63, 3.8) is 0 Å². The summed E-state index contributed by atoms with van der Waals surface area (Å²) in [5.41, 5.74) is 4.32. The van der Waals surface area contributed by atoms with Crippen molar-refractivity contribution in [1.82, 2.24) is 20.1 Å². The number of H-pyrrole nitrogens is 1. The van der Waals surface area contributed by atoms with Gasteiger partial charge < -0.3 is 10.3 Å². The molecule has 0 aliphatic carbocycles. The van der Waals surface area contributed by atoms with Crippen LogP contribution in [0.4, 0.5) is 0 Å². The van der Waals surface area contributed by atoms with E-state index in [1.165, 1.54) is 0 Å². The van der Waals surface area contributed by atoms with Gasteiger partial charge in [0.2, 0.25) is 5.91 Å². The smallest absolute Gasteiger partial charge is 0.251 e. The van der Waals surface area contributed by atoms with Crippen molar-refractivity contribution in [3.8, 4) is 0 Å². The van der Waals surface area contributed by atoms with Crippen LogP contribution in [0.15, 0.2) is 35.3 Å². The summed E-state index contributed by atoms with van der Waals surface area (Å²) < 4.78 is 1.74. The summed E-state index contributed by atoms with van der Waals surface area (Å²) in [6, 6.07) is 7.70. The Bertz CT molecular complexity index is 1020. The summed E-state index contributed by atoms with van der Waals surface area (Å²) in [6.45, 7) is 5.85. The number of pyridine rings is 1. The van der Waals surface area contributed by atoms with Crippen molar-refractivity contribution >= 4 is 16.8 Å². The van der Waals surface area contributed by atoms with E-state index in [4.69, 9.17) is 0 Å². The molecule has 1 amide bonds. The molecule has 2 N–H and O–H groups in total. The van der Waals surface area contributed by atoms with Crippen LogP contribution < -0.4 is 10.9 Å². The maximum absolute atomic E-state index is 12.3. The maximum atomic E-state index is 12.3. The van der Waals surface area contributed by atoms with E-state index in [-0.39, 0.29) is 23.9 Å². The molecule has 0 fully saturated rings. The molecule has 6 heteroatoms. The van der Waals surface area contributed by atoms with E-state index in [9.17, 15) is 9.59 Å². The fourth-order valence-corrected chi connectivity index (χ4v) is 3.23. The molecule has 0 unspecified atom stereocenters. The van der Waals surface area contributed by atoms with Crippen LogP contribution in [0.2, 0.25) is 0 Å². The predicted octanol–water partition coefficient (Wildman–Crippen LogP) is 2.69. The average molecular weight is 352 g/mol. The number of carbonyl (C=O) groups excluding carboxylic acids is 1. The molecule has 0 aliphatic rings. The van der Waals surface area contributed by atoms with Gasteiger partial charge in [-0.3, -0.25) is 14.3 Å². The molecule has 3 aromatic rings. The molecular weight excluding hydrogens is 328 g/mol. The molecule has 6 nitrogen and oxygen atoms in total. The summed E-state index contributed by atoms with van der Waals surface area (Å²) in [5, 5.41) is 8.26. The van der Waals surface area contributed by atoms with Crippen LogP contribution in [0.25, 0.3) is 10.9 Å². The minimum absolute atomic E-state index is 0.0795. The molecule has 0 radical (unpaired) electrons. The number of fused-ring (bicyclic) bond motifs is 1. The highest BCUT2D eigenvalue weighted by Crippen LogP contribution is 2.16. The Labute approximate surface area is 152 Å². The number of nitrogens with one attached hydrogen (secondary N) is 2. The highest BCUT2D eigenvalue weighted by molar-refractivity contribution is 5.80. The predicted molar refractivity (Wildman–Crippen MR) is 102 cm³/mol. The first-order valence-corrected chi connectivity index (χ1v) is 8.75. The monoisotopic (exact) mass is 352 g/mol. The standard InChI is InChI=1S/C20H24N4O2/c1-12-5-6-15-10-16(20(26)22-18(15)9-12)7-8-19(25)21-13(2)17-11-24(4)23-14(17)3/h5-6,9-11,13H,7-8H2,1-4H3,(H,21,25)(H,22,26)/t13-/m0/s1. The molecule has 3 rings (SSSR count). The van der Waals surface area contributed by atoms with Crippen LogP contribution in [0.5, 0.6) is 0 Å². The van der Waals surface area contributed by atoms with E-state index < -0.39 is 0 Å². The maximum Gasteiger partial charge on any atom is 0.251 e. The number of hydrogen-bond donors (Lipinski definition) is 2. The van der Waals surface area contributed by atoms with E-state index in [2.05, 4.69) is 15.4 Å². The number of amides is 1. The first kappa shape index (κ1) is 17.9. The lowest BCUT2D eigenvalue weighted by Gasteiger charge is -2.13. The zero-order valence-electron chi connectivity index (χ0n) is 15.6. The number of hydrogen-bond acceptors (Lipinski definition) is 3. The number of aromatic amines is 1. The van der Waals surface area contributed by atoms with Gasteiger partial charge in [0, 0.05) is 36.3 Å². The zero-order valence-corrected chi connectivity index (χ0v) is 15.6. The van der Waals surface area contributed by atoms with Gasteiger partial charge in [0.15, 0.2) is 0 Å². The molecule has 0 aliphatic heterocycles. The second kappa shape index (κ2) is 7.15. The third-order valence-corrected chi connectivity index (χ3v) is 4.60. The Hall–Kier alpha value is -2.89. The molecule has 26 heavy (non-hydrogen) atoms. The molecule has 1 aromatic carbocycles. The van der Waals surface area contributed by atoms with Crippen LogP contribution in [0.3, 0.4) is 0 Å². The fourth-order valence-electron chi connectivity index (χ4n) is 3.23. The molecule has 0 spiro atoms. The molecule has 2 aromatic heterocycles. The third-order valence-electron chi connectivity index (χ3n) is 4.60. The van der Waals surface area contributed by atoms with Gasteiger partial charge in [0.1, 0.15) is 0 Å². The van der Waals surface area contributed by atoms with Crippen LogP contribution in [0.1, 0.15) is 41.8 Å². The highest BCUT2D eigenvalue weighted by atomic mass is 16.1. The van der Waals surface area contributed by atoms with Gasteiger partial charge in [-0.05, 0) is 50.3 Å². The van der Waals surface area contributed by atoms with Gasteiger partial charge in [-0.25, -0.2) is 0 Å². The first-order chi connectivity index (χ1) is 12.3. The van der Waals surface area contributed by atoms with Gasteiger partial charge >= 0.3 is 0 Å². The quantitative estimate of drug-likeness (QED) is 0.741. The molecule has 0 bridgehead atoms. The SMILES string of the molecule is Cc1ccc2cc(CCC(=O)N[C@@H](C)c3cn(C)nc3C)c(=O)[nH]c2c1. The highest BCUT2D eigenvalue weighted by Gasteiger charge is 2.15. The lowest BCUT2D eigenvalue weighted by molar-refractivity contribution is -0.121. The molecule has 0 saturated heterocycles. The second-order valence-electron chi connectivity index (χ2n) is 6.85. The minimum atomic E-state index is -0.132. The van der Waals surface area contributed by atoms with Gasteiger partial charge in [-0.15, -0.1) is 0 Å². The van der Waals surface area contributed by atoms with Crippen LogP contribution in [-0.4, -0.2) is 20.7 Å². The lowest BCUT2D eigenvalue weighted by Crippen LogP contribution is -2.27. The van der Waals surface area contributed by atoms with Crippen molar-refractivity contribution in [3.05, 3.63) is 63.2 Å². The van der Waals surface area contributed by atoms with E-state index in [1.54, 1.807) is 4.68 Å². The number of rotatable bonds is 5. The van der Waals surface area contributed by atoms with E-state index in [0.29, 0.717) is 12.0 Å². The molecular formula is C20H24N4O2. The lowest BCUT2D eigenvalue weighted by atomic mass is 10.1. The first-order valence-electron chi connectivity index (χ1n) is 8.75. The summed E-state index contributed by atoms with van der Waals surface area (Å²) in [5.74, 6) is -0.0795. The third kappa shape index (κ3) is 3.85. The summed E-state index contributed by atoms with van der Waals surface area (Å²) >= 11 is 0. The van der Waals surface area contributed by atoms with Crippen LogP contribution in [0, 0.1) is 13.8 Å². The second-order valence-corrected chi connectivity index (χ2v) is 6.85. The topological polar surface area (TPSA) is 79.8 Å². The van der Waals surface area contributed by atoms with Gasteiger partial charge in [0.25, 0.3) is 5.56 Å². The van der Waals surface area contributed by atoms with Crippen LogP contribution in [-0.2, 0) is 18.3 Å². The minimum Gasteiger partial charge on any atom is -0.349 e. The molecule has 2 heterocycles. The Balaban J connectivity index is 1.67. The Morgan fingerprint density at radius 1 is 1.31 bits per heavy atom. The van der Waals surface area contributed by atoms with Gasteiger partial charge in [-0.2, -0.15) is 5.10 Å². The van der Waals surface area contributed by atoms with Crippen molar-refractivity contribution in [2.24, 2.45) is 7.05 Å². The van der Waals surface area contributed by atoms with E-state index in [1.807, 2.05) is 58.3 Å². The largest absolute Gasteiger partial charge is 0.349 e. The fraction of sp³-hybridized carbons (Fsp3) is 0.350.